The van der Waals surface area contributed by atoms with Crippen LogP contribution in [0.1, 0.15) is 11.3 Å². The van der Waals surface area contributed by atoms with Crippen molar-refractivity contribution in [2.24, 2.45) is 0 Å². The highest BCUT2D eigenvalue weighted by atomic mass is 32.2. The minimum absolute atomic E-state index is 0.104. The number of aromatic nitrogens is 1. The lowest BCUT2D eigenvalue weighted by Gasteiger charge is -2.25. The van der Waals surface area contributed by atoms with Crippen LogP contribution in [0, 0.1) is 10.1 Å². The zero-order valence-corrected chi connectivity index (χ0v) is 17.3. The Hall–Kier alpha value is -3.49. The molecule has 8 heteroatoms. The Kier molecular flexibility index (Phi) is 4.60. The molecule has 1 N–H and O–H groups in total. The molecule has 0 atom stereocenters. The number of nitrogens with zero attached hydrogens (tertiary/aromatic N) is 2. The van der Waals surface area contributed by atoms with E-state index in [4.69, 9.17) is 0 Å². The SMILES string of the molecule is O=[N+]([O-])c1ccccc1S(=O)(=O)N1CCc2ccccc2-c2c([nH]c3ccccc23)C1. The first kappa shape index (κ1) is 19.5. The van der Waals surface area contributed by atoms with Gasteiger partial charge in [0.2, 0.25) is 10.0 Å². The average Bonchev–Trinajstić information content (AvgIpc) is 3.12. The van der Waals surface area contributed by atoms with Crippen molar-refractivity contribution in [1.29, 1.82) is 0 Å². The molecule has 0 bridgehead atoms. The zero-order valence-electron chi connectivity index (χ0n) is 16.5. The van der Waals surface area contributed by atoms with Crippen LogP contribution in [0.4, 0.5) is 5.69 Å². The fourth-order valence-electron chi connectivity index (χ4n) is 4.28. The van der Waals surface area contributed by atoms with Crippen molar-refractivity contribution >= 4 is 26.6 Å². The summed E-state index contributed by atoms with van der Waals surface area (Å²) in [5.41, 5.74) is 4.38. The van der Waals surface area contributed by atoms with Crippen LogP contribution in [-0.2, 0) is 23.0 Å². The second kappa shape index (κ2) is 7.33. The van der Waals surface area contributed by atoms with Gasteiger partial charge in [-0.2, -0.15) is 4.31 Å². The monoisotopic (exact) mass is 433 g/mol. The summed E-state index contributed by atoms with van der Waals surface area (Å²) < 4.78 is 28.4. The molecule has 0 saturated carbocycles. The molecule has 0 aliphatic carbocycles. The summed E-state index contributed by atoms with van der Waals surface area (Å²) in [6.07, 6.45) is 0.509. The third-order valence-electron chi connectivity index (χ3n) is 5.72. The number of nitro groups is 1. The molecule has 31 heavy (non-hydrogen) atoms. The van der Waals surface area contributed by atoms with Crippen molar-refractivity contribution in [2.75, 3.05) is 6.54 Å². The molecule has 0 spiro atoms. The van der Waals surface area contributed by atoms with Crippen LogP contribution in [0.3, 0.4) is 0 Å². The number of aromatic amines is 1. The number of hydrogen-bond donors (Lipinski definition) is 1. The lowest BCUT2D eigenvalue weighted by molar-refractivity contribution is -0.387. The average molecular weight is 433 g/mol. The van der Waals surface area contributed by atoms with E-state index >= 15 is 0 Å². The smallest absolute Gasteiger partial charge is 0.289 e. The standard InChI is InChI=1S/C23H19N3O4S/c27-26(28)21-11-5-6-12-22(21)31(29,30)25-14-13-16-7-1-2-8-17(16)23-18-9-3-4-10-19(18)24-20(23)15-25/h1-12,24H,13-15H2. The highest BCUT2D eigenvalue weighted by molar-refractivity contribution is 7.89. The van der Waals surface area contributed by atoms with E-state index in [1.807, 2.05) is 42.5 Å². The van der Waals surface area contributed by atoms with Crippen LogP contribution in [0.15, 0.2) is 77.7 Å². The van der Waals surface area contributed by atoms with Crippen molar-refractivity contribution in [3.8, 4) is 11.1 Å². The van der Waals surface area contributed by atoms with Crippen molar-refractivity contribution in [2.45, 2.75) is 17.9 Å². The van der Waals surface area contributed by atoms with Crippen molar-refractivity contribution < 1.29 is 13.3 Å². The molecule has 0 radical (unpaired) electrons. The third-order valence-corrected chi connectivity index (χ3v) is 7.61. The van der Waals surface area contributed by atoms with Gasteiger partial charge in [-0.1, -0.05) is 54.6 Å². The van der Waals surface area contributed by atoms with Gasteiger partial charge in [0.25, 0.3) is 5.69 Å². The maximum Gasteiger partial charge on any atom is 0.289 e. The Morgan fingerprint density at radius 3 is 2.48 bits per heavy atom. The Bertz CT molecular complexity index is 1430. The lowest BCUT2D eigenvalue weighted by atomic mass is 9.94. The largest absolute Gasteiger partial charge is 0.357 e. The van der Waals surface area contributed by atoms with Gasteiger partial charge < -0.3 is 4.98 Å². The van der Waals surface area contributed by atoms with Gasteiger partial charge in [-0.05, 0) is 29.7 Å². The van der Waals surface area contributed by atoms with Crippen LogP contribution in [0.2, 0.25) is 0 Å². The first-order valence-electron chi connectivity index (χ1n) is 9.88. The van der Waals surface area contributed by atoms with Crippen LogP contribution in [0.25, 0.3) is 22.0 Å². The molecule has 0 amide bonds. The van der Waals surface area contributed by atoms with Gasteiger partial charge >= 0.3 is 0 Å². The molecule has 1 aliphatic heterocycles. The van der Waals surface area contributed by atoms with Crippen molar-refractivity contribution in [3.05, 3.63) is 94.2 Å². The van der Waals surface area contributed by atoms with Gasteiger partial charge in [0, 0.05) is 34.8 Å². The molecular weight excluding hydrogens is 414 g/mol. The maximum absolute atomic E-state index is 13.5. The first-order valence-corrected chi connectivity index (χ1v) is 11.3. The summed E-state index contributed by atoms with van der Waals surface area (Å²) in [4.78, 5) is 13.9. The van der Waals surface area contributed by atoms with Gasteiger partial charge in [-0.3, -0.25) is 10.1 Å². The summed E-state index contributed by atoms with van der Waals surface area (Å²) in [7, 11) is -4.09. The van der Waals surface area contributed by atoms with E-state index < -0.39 is 20.6 Å². The molecule has 5 rings (SSSR count). The van der Waals surface area contributed by atoms with Crippen molar-refractivity contribution in [1.82, 2.24) is 9.29 Å². The highest BCUT2D eigenvalue weighted by Gasteiger charge is 2.33. The molecule has 0 unspecified atom stereocenters. The molecule has 0 saturated heterocycles. The number of para-hydroxylation sites is 2. The number of hydrogen-bond acceptors (Lipinski definition) is 4. The van der Waals surface area contributed by atoms with E-state index in [2.05, 4.69) is 11.1 Å². The second-order valence-electron chi connectivity index (χ2n) is 7.49. The third kappa shape index (κ3) is 3.20. The maximum atomic E-state index is 13.5. The Balaban J connectivity index is 1.69. The fourth-order valence-corrected chi connectivity index (χ4v) is 5.84. The minimum Gasteiger partial charge on any atom is -0.357 e. The number of fused-ring (bicyclic) bond motifs is 5. The van der Waals surface area contributed by atoms with E-state index in [1.54, 1.807) is 0 Å². The summed E-state index contributed by atoms with van der Waals surface area (Å²) in [5.74, 6) is 0. The summed E-state index contributed by atoms with van der Waals surface area (Å²) >= 11 is 0. The number of H-pyrrole nitrogens is 1. The summed E-state index contributed by atoms with van der Waals surface area (Å²) in [6, 6.07) is 21.3. The van der Waals surface area contributed by atoms with Gasteiger partial charge in [0.15, 0.2) is 4.90 Å². The summed E-state index contributed by atoms with van der Waals surface area (Å²) in [6.45, 7) is 0.326. The fraction of sp³-hybridized carbons (Fsp3) is 0.130. The van der Waals surface area contributed by atoms with Gasteiger partial charge in [-0.15, -0.1) is 0 Å². The predicted octanol–water partition coefficient (Wildman–Crippen LogP) is 4.49. The van der Waals surface area contributed by atoms with E-state index in [0.29, 0.717) is 6.42 Å². The van der Waals surface area contributed by atoms with E-state index in [9.17, 15) is 18.5 Å². The Morgan fingerprint density at radius 2 is 1.65 bits per heavy atom. The number of nitro benzene ring substituents is 1. The molecule has 156 valence electrons. The van der Waals surface area contributed by atoms with Crippen LogP contribution in [0.5, 0.6) is 0 Å². The quantitative estimate of drug-likeness (QED) is 0.380. The van der Waals surface area contributed by atoms with Gasteiger partial charge in [0.05, 0.1) is 11.5 Å². The Morgan fingerprint density at radius 1 is 0.935 bits per heavy atom. The topological polar surface area (TPSA) is 96.3 Å². The van der Waals surface area contributed by atoms with E-state index in [-0.39, 0.29) is 18.0 Å². The first-order chi connectivity index (χ1) is 15.0. The second-order valence-corrected chi connectivity index (χ2v) is 9.40. The van der Waals surface area contributed by atoms with Crippen LogP contribution >= 0.6 is 0 Å². The number of sulfonamides is 1. The summed E-state index contributed by atoms with van der Waals surface area (Å²) in [5, 5.41) is 12.5. The normalized spacial score (nSPS) is 14.5. The van der Waals surface area contributed by atoms with Gasteiger partial charge in [-0.25, -0.2) is 8.42 Å². The minimum atomic E-state index is -4.09. The molecule has 0 fully saturated rings. The number of nitrogens with one attached hydrogen (secondary N) is 1. The molecule has 1 aliphatic rings. The molecular formula is C23H19N3O4S. The number of benzene rings is 3. The van der Waals surface area contributed by atoms with E-state index in [0.717, 1.165) is 33.3 Å². The molecule has 7 nitrogen and oxygen atoms in total. The van der Waals surface area contributed by atoms with Crippen LogP contribution in [-0.4, -0.2) is 29.2 Å². The van der Waals surface area contributed by atoms with Gasteiger partial charge in [0.1, 0.15) is 0 Å². The molecule has 2 heterocycles. The van der Waals surface area contributed by atoms with Crippen molar-refractivity contribution in [3.63, 3.8) is 0 Å². The molecule has 1 aromatic heterocycles. The van der Waals surface area contributed by atoms with E-state index in [1.165, 1.54) is 28.6 Å². The predicted molar refractivity (Wildman–Crippen MR) is 118 cm³/mol. The molecule has 4 aromatic rings. The highest BCUT2D eigenvalue weighted by Crippen LogP contribution is 2.38. The molecule has 3 aromatic carbocycles. The zero-order chi connectivity index (χ0) is 21.6. The van der Waals surface area contributed by atoms with Crippen LogP contribution < -0.4 is 0 Å². The Labute approximate surface area is 179 Å². The lowest BCUT2D eigenvalue weighted by Crippen LogP contribution is -2.34. The number of rotatable bonds is 3.